The molecule has 0 spiro atoms. The van der Waals surface area contributed by atoms with Gasteiger partial charge in [-0.1, -0.05) is 6.07 Å². The van der Waals surface area contributed by atoms with Crippen molar-refractivity contribution in [1.82, 2.24) is 24.6 Å². The van der Waals surface area contributed by atoms with Crippen molar-refractivity contribution >= 4 is 0 Å². The minimum atomic E-state index is 0.325. The Bertz CT molecular complexity index is 773. The highest BCUT2D eigenvalue weighted by molar-refractivity contribution is 5.44. The van der Waals surface area contributed by atoms with E-state index < -0.39 is 0 Å². The van der Waals surface area contributed by atoms with Crippen LogP contribution in [0.2, 0.25) is 0 Å². The Hall–Kier alpha value is -2.12. The fraction of sp³-hybridized carbons (Fsp3) is 0.579. The Morgan fingerprint density at radius 3 is 2.88 bits per heavy atom. The molecule has 0 bridgehead atoms. The number of hydrogen-bond acceptors (Lipinski definition) is 6. The number of ether oxygens (including phenoxy) is 2. The highest BCUT2D eigenvalue weighted by Crippen LogP contribution is 2.33. The molecule has 0 aliphatic carbocycles. The van der Waals surface area contributed by atoms with Crippen molar-refractivity contribution in [3.05, 3.63) is 35.4 Å². The SMILES string of the molecule is CN(C)Cc1nnc([C@H]2CCCN(Cc3ccc4c(c3)OCO4)C2)n1C. The molecule has 1 aromatic carbocycles. The molecule has 0 N–H and O–H groups in total. The summed E-state index contributed by atoms with van der Waals surface area (Å²) in [6, 6.07) is 6.24. The van der Waals surface area contributed by atoms with Gasteiger partial charge < -0.3 is 18.9 Å². The van der Waals surface area contributed by atoms with Gasteiger partial charge in [-0.05, 0) is 51.2 Å². The van der Waals surface area contributed by atoms with E-state index >= 15 is 0 Å². The summed E-state index contributed by atoms with van der Waals surface area (Å²) in [5, 5.41) is 8.91. The Labute approximate surface area is 154 Å². The summed E-state index contributed by atoms with van der Waals surface area (Å²) in [6.45, 7) is 4.20. The number of piperidine rings is 1. The molecule has 1 atom stereocenters. The number of fused-ring (bicyclic) bond motifs is 1. The molecule has 3 heterocycles. The Kier molecular flexibility index (Phi) is 4.82. The standard InChI is InChI=1S/C19H27N5O2/c1-22(2)12-18-20-21-19(23(18)3)15-5-4-8-24(11-15)10-14-6-7-16-17(9-14)26-13-25-16/h6-7,9,15H,4-5,8,10-13H2,1-3H3/t15-/m0/s1. The number of hydrogen-bond donors (Lipinski definition) is 0. The molecule has 26 heavy (non-hydrogen) atoms. The first kappa shape index (κ1) is 17.3. The first-order valence-corrected chi connectivity index (χ1v) is 9.24. The van der Waals surface area contributed by atoms with Crippen LogP contribution in [0, 0.1) is 0 Å². The predicted molar refractivity (Wildman–Crippen MR) is 98.2 cm³/mol. The van der Waals surface area contributed by atoms with E-state index in [2.05, 4.69) is 57.8 Å². The quantitative estimate of drug-likeness (QED) is 0.816. The van der Waals surface area contributed by atoms with Crippen molar-refractivity contribution in [2.75, 3.05) is 34.0 Å². The lowest BCUT2D eigenvalue weighted by molar-refractivity contribution is 0.173. The molecule has 4 rings (SSSR count). The lowest BCUT2D eigenvalue weighted by Gasteiger charge is -2.32. The largest absolute Gasteiger partial charge is 0.454 e. The Morgan fingerprint density at radius 2 is 2.04 bits per heavy atom. The van der Waals surface area contributed by atoms with Crippen LogP contribution in [0.3, 0.4) is 0 Å². The van der Waals surface area contributed by atoms with E-state index in [9.17, 15) is 0 Å². The topological polar surface area (TPSA) is 55.7 Å². The number of benzene rings is 1. The van der Waals surface area contributed by atoms with Crippen molar-refractivity contribution in [1.29, 1.82) is 0 Å². The van der Waals surface area contributed by atoms with Gasteiger partial charge in [0.05, 0.1) is 6.54 Å². The van der Waals surface area contributed by atoms with Crippen LogP contribution in [0.5, 0.6) is 11.5 Å². The van der Waals surface area contributed by atoms with Gasteiger partial charge in [0, 0.05) is 26.1 Å². The fourth-order valence-corrected chi connectivity index (χ4v) is 3.86. The third-order valence-corrected chi connectivity index (χ3v) is 5.17. The summed E-state index contributed by atoms with van der Waals surface area (Å²) in [5.74, 6) is 4.27. The lowest BCUT2D eigenvalue weighted by Crippen LogP contribution is -2.34. The third kappa shape index (κ3) is 3.54. The number of nitrogens with zero attached hydrogens (tertiary/aromatic N) is 5. The van der Waals surface area contributed by atoms with E-state index in [1.807, 2.05) is 6.07 Å². The molecule has 0 unspecified atom stereocenters. The summed E-state index contributed by atoms with van der Waals surface area (Å²) in [4.78, 5) is 4.63. The number of aromatic nitrogens is 3. The maximum absolute atomic E-state index is 5.50. The summed E-state index contributed by atoms with van der Waals surface area (Å²) < 4.78 is 13.1. The van der Waals surface area contributed by atoms with E-state index in [-0.39, 0.29) is 0 Å². The number of rotatable bonds is 5. The molecule has 7 nitrogen and oxygen atoms in total. The van der Waals surface area contributed by atoms with Gasteiger partial charge in [-0.15, -0.1) is 10.2 Å². The highest BCUT2D eigenvalue weighted by atomic mass is 16.7. The molecule has 2 aliphatic rings. The second kappa shape index (κ2) is 7.25. The average molecular weight is 357 g/mol. The first-order chi connectivity index (χ1) is 12.6. The van der Waals surface area contributed by atoms with E-state index in [0.29, 0.717) is 12.7 Å². The average Bonchev–Trinajstić information content (AvgIpc) is 3.22. The zero-order valence-corrected chi connectivity index (χ0v) is 15.8. The highest BCUT2D eigenvalue weighted by Gasteiger charge is 2.26. The van der Waals surface area contributed by atoms with E-state index in [4.69, 9.17) is 9.47 Å². The van der Waals surface area contributed by atoms with Crippen molar-refractivity contribution in [3.8, 4) is 11.5 Å². The second-order valence-electron chi connectivity index (χ2n) is 7.53. The van der Waals surface area contributed by atoms with Crippen LogP contribution in [-0.4, -0.2) is 58.5 Å². The Morgan fingerprint density at radius 1 is 1.19 bits per heavy atom. The summed E-state index contributed by atoms with van der Waals surface area (Å²) in [6.07, 6.45) is 2.36. The molecule has 1 saturated heterocycles. The van der Waals surface area contributed by atoms with Crippen LogP contribution in [0.25, 0.3) is 0 Å². The lowest BCUT2D eigenvalue weighted by atomic mass is 9.96. The maximum atomic E-state index is 5.50. The molecular weight excluding hydrogens is 330 g/mol. The first-order valence-electron chi connectivity index (χ1n) is 9.24. The predicted octanol–water partition coefficient (Wildman–Crippen LogP) is 1.98. The molecule has 1 fully saturated rings. The van der Waals surface area contributed by atoms with Gasteiger partial charge in [0.1, 0.15) is 11.6 Å². The molecule has 7 heteroatoms. The molecule has 0 amide bonds. The van der Waals surface area contributed by atoms with Gasteiger partial charge in [-0.3, -0.25) is 4.90 Å². The minimum Gasteiger partial charge on any atom is -0.454 e. The summed E-state index contributed by atoms with van der Waals surface area (Å²) in [5.41, 5.74) is 1.26. The fourth-order valence-electron chi connectivity index (χ4n) is 3.86. The zero-order chi connectivity index (χ0) is 18.1. The van der Waals surface area contributed by atoms with Gasteiger partial charge in [-0.2, -0.15) is 0 Å². The number of likely N-dealkylation sites (tertiary alicyclic amines) is 1. The minimum absolute atomic E-state index is 0.325. The van der Waals surface area contributed by atoms with Crippen LogP contribution in [0.1, 0.15) is 36.0 Å². The van der Waals surface area contributed by atoms with Gasteiger partial charge in [0.15, 0.2) is 11.5 Å². The molecule has 2 aliphatic heterocycles. The zero-order valence-electron chi connectivity index (χ0n) is 15.8. The second-order valence-corrected chi connectivity index (χ2v) is 7.53. The monoisotopic (exact) mass is 357 g/mol. The molecule has 1 aromatic heterocycles. The smallest absolute Gasteiger partial charge is 0.231 e. The molecule has 2 aromatic rings. The molecule has 0 radical (unpaired) electrons. The Balaban J connectivity index is 1.44. The van der Waals surface area contributed by atoms with Gasteiger partial charge >= 0.3 is 0 Å². The van der Waals surface area contributed by atoms with Gasteiger partial charge in [-0.25, -0.2) is 0 Å². The van der Waals surface area contributed by atoms with Crippen LogP contribution >= 0.6 is 0 Å². The van der Waals surface area contributed by atoms with Crippen molar-refractivity contribution < 1.29 is 9.47 Å². The van der Waals surface area contributed by atoms with E-state index in [1.165, 1.54) is 18.4 Å². The molecule has 140 valence electrons. The van der Waals surface area contributed by atoms with Crippen molar-refractivity contribution in [2.24, 2.45) is 7.05 Å². The van der Waals surface area contributed by atoms with Crippen LogP contribution in [-0.2, 0) is 20.1 Å². The summed E-state index contributed by atoms with van der Waals surface area (Å²) in [7, 11) is 6.20. The van der Waals surface area contributed by atoms with Crippen LogP contribution < -0.4 is 9.47 Å². The van der Waals surface area contributed by atoms with Gasteiger partial charge in [0.25, 0.3) is 0 Å². The van der Waals surface area contributed by atoms with E-state index in [1.54, 1.807) is 0 Å². The maximum Gasteiger partial charge on any atom is 0.231 e. The molecule has 0 saturated carbocycles. The third-order valence-electron chi connectivity index (χ3n) is 5.17. The van der Waals surface area contributed by atoms with Crippen molar-refractivity contribution in [3.63, 3.8) is 0 Å². The van der Waals surface area contributed by atoms with Gasteiger partial charge in [0.2, 0.25) is 6.79 Å². The molecular formula is C19H27N5O2. The van der Waals surface area contributed by atoms with Crippen molar-refractivity contribution in [2.45, 2.75) is 31.8 Å². The normalized spacial score (nSPS) is 20.1. The van der Waals surface area contributed by atoms with Crippen LogP contribution in [0.15, 0.2) is 18.2 Å². The summed E-state index contributed by atoms with van der Waals surface area (Å²) >= 11 is 0. The van der Waals surface area contributed by atoms with Crippen LogP contribution in [0.4, 0.5) is 0 Å². The van der Waals surface area contributed by atoms with E-state index in [0.717, 1.165) is 49.3 Å².